The highest BCUT2D eigenvalue weighted by molar-refractivity contribution is 5.75. The quantitative estimate of drug-likeness (QED) is 0.864. The van der Waals surface area contributed by atoms with Crippen LogP contribution in [0.3, 0.4) is 0 Å². The molecule has 1 saturated heterocycles. The molecule has 1 fully saturated rings. The standard InChI is InChI=1S/C17H24N4O2/c1-14(5-4-12-22)19-17(23)21-10-8-20(9-11-21)16-7-3-2-6-15(16)13-18/h2-3,6-7,14,22H,4-5,8-12H2,1H3,(H,19,23). The summed E-state index contributed by atoms with van der Waals surface area (Å²) in [6, 6.07) is 9.78. The number of nitriles is 1. The van der Waals surface area contributed by atoms with Gasteiger partial charge in [-0.05, 0) is 31.9 Å². The third-order valence-electron chi connectivity index (χ3n) is 4.10. The number of nitrogens with one attached hydrogen (secondary N) is 1. The average Bonchev–Trinajstić information content (AvgIpc) is 2.60. The second kappa shape index (κ2) is 8.39. The molecule has 0 aliphatic carbocycles. The van der Waals surface area contributed by atoms with Crippen LogP contribution in [0, 0.1) is 11.3 Å². The number of piperazine rings is 1. The van der Waals surface area contributed by atoms with Gasteiger partial charge in [0.25, 0.3) is 0 Å². The summed E-state index contributed by atoms with van der Waals surface area (Å²) < 4.78 is 0. The molecule has 124 valence electrons. The largest absolute Gasteiger partial charge is 0.396 e. The summed E-state index contributed by atoms with van der Waals surface area (Å²) in [4.78, 5) is 16.2. The predicted molar refractivity (Wildman–Crippen MR) is 89.3 cm³/mol. The van der Waals surface area contributed by atoms with Crippen molar-refractivity contribution < 1.29 is 9.90 Å². The fourth-order valence-electron chi connectivity index (χ4n) is 2.77. The molecule has 2 amide bonds. The highest BCUT2D eigenvalue weighted by atomic mass is 16.3. The number of nitrogens with zero attached hydrogens (tertiary/aromatic N) is 3. The van der Waals surface area contributed by atoms with Crippen LogP contribution in [-0.4, -0.2) is 54.9 Å². The molecule has 1 aromatic carbocycles. The molecule has 0 bridgehead atoms. The lowest BCUT2D eigenvalue weighted by Crippen LogP contribution is -2.53. The number of anilines is 1. The minimum Gasteiger partial charge on any atom is -0.396 e. The van der Waals surface area contributed by atoms with Crippen LogP contribution in [0.1, 0.15) is 25.3 Å². The summed E-state index contributed by atoms with van der Waals surface area (Å²) in [5, 5.41) is 21.0. The Morgan fingerprint density at radius 1 is 1.35 bits per heavy atom. The fourth-order valence-corrected chi connectivity index (χ4v) is 2.77. The van der Waals surface area contributed by atoms with Crippen molar-refractivity contribution in [1.82, 2.24) is 10.2 Å². The van der Waals surface area contributed by atoms with Crippen molar-refractivity contribution in [3.8, 4) is 6.07 Å². The molecule has 6 heteroatoms. The molecular formula is C17H24N4O2. The molecule has 1 aromatic rings. The second-order valence-electron chi connectivity index (χ2n) is 5.82. The van der Waals surface area contributed by atoms with E-state index >= 15 is 0 Å². The van der Waals surface area contributed by atoms with E-state index in [0.29, 0.717) is 25.1 Å². The lowest BCUT2D eigenvalue weighted by molar-refractivity contribution is 0.189. The molecule has 0 saturated carbocycles. The first-order chi connectivity index (χ1) is 11.2. The molecule has 1 aliphatic heterocycles. The Labute approximate surface area is 137 Å². The third-order valence-corrected chi connectivity index (χ3v) is 4.10. The summed E-state index contributed by atoms with van der Waals surface area (Å²) in [7, 11) is 0. The van der Waals surface area contributed by atoms with E-state index in [4.69, 9.17) is 5.11 Å². The maximum Gasteiger partial charge on any atom is 0.317 e. The molecular weight excluding hydrogens is 292 g/mol. The molecule has 2 N–H and O–H groups in total. The highest BCUT2D eigenvalue weighted by Crippen LogP contribution is 2.21. The molecule has 0 spiro atoms. The zero-order valence-electron chi connectivity index (χ0n) is 13.5. The Morgan fingerprint density at radius 3 is 2.70 bits per heavy atom. The first-order valence-corrected chi connectivity index (χ1v) is 8.06. The summed E-state index contributed by atoms with van der Waals surface area (Å²) in [5.41, 5.74) is 1.61. The Bertz CT molecular complexity index is 562. The number of amides is 2. The van der Waals surface area contributed by atoms with E-state index < -0.39 is 0 Å². The van der Waals surface area contributed by atoms with Gasteiger partial charge in [-0.25, -0.2) is 4.79 Å². The molecule has 0 radical (unpaired) electrons. The van der Waals surface area contributed by atoms with Crippen molar-refractivity contribution in [3.05, 3.63) is 29.8 Å². The van der Waals surface area contributed by atoms with Crippen molar-refractivity contribution in [2.24, 2.45) is 0 Å². The molecule has 23 heavy (non-hydrogen) atoms. The summed E-state index contributed by atoms with van der Waals surface area (Å²) in [6.45, 7) is 4.81. The monoisotopic (exact) mass is 316 g/mol. The molecule has 1 unspecified atom stereocenters. The lowest BCUT2D eigenvalue weighted by atomic mass is 10.1. The number of para-hydroxylation sites is 1. The van der Waals surface area contributed by atoms with Gasteiger partial charge in [-0.1, -0.05) is 12.1 Å². The Morgan fingerprint density at radius 2 is 2.04 bits per heavy atom. The van der Waals surface area contributed by atoms with Gasteiger partial charge in [0.15, 0.2) is 0 Å². The minimum absolute atomic E-state index is 0.0522. The van der Waals surface area contributed by atoms with Gasteiger partial charge in [0.05, 0.1) is 11.3 Å². The van der Waals surface area contributed by atoms with Crippen molar-refractivity contribution in [2.45, 2.75) is 25.8 Å². The topological polar surface area (TPSA) is 79.6 Å². The van der Waals surface area contributed by atoms with Crippen LogP contribution in [0.5, 0.6) is 0 Å². The van der Waals surface area contributed by atoms with E-state index in [2.05, 4.69) is 16.3 Å². The van der Waals surface area contributed by atoms with Crippen LogP contribution >= 0.6 is 0 Å². The molecule has 1 atom stereocenters. The first-order valence-electron chi connectivity index (χ1n) is 8.06. The number of urea groups is 1. The lowest BCUT2D eigenvalue weighted by Gasteiger charge is -2.36. The molecule has 2 rings (SSSR count). The normalized spacial score (nSPS) is 15.9. The zero-order chi connectivity index (χ0) is 16.7. The van der Waals surface area contributed by atoms with Gasteiger partial charge in [-0.15, -0.1) is 0 Å². The van der Waals surface area contributed by atoms with Crippen LogP contribution in [0.4, 0.5) is 10.5 Å². The van der Waals surface area contributed by atoms with E-state index in [-0.39, 0.29) is 18.7 Å². The molecule has 1 aliphatic rings. The van der Waals surface area contributed by atoms with Crippen LogP contribution < -0.4 is 10.2 Å². The summed E-state index contributed by atoms with van der Waals surface area (Å²) in [6.07, 6.45) is 1.47. The number of carbonyl (C=O) groups excluding carboxylic acids is 1. The summed E-state index contributed by atoms with van der Waals surface area (Å²) >= 11 is 0. The zero-order valence-corrected chi connectivity index (χ0v) is 13.5. The van der Waals surface area contributed by atoms with Crippen molar-refractivity contribution in [3.63, 3.8) is 0 Å². The van der Waals surface area contributed by atoms with Crippen LogP contribution in [-0.2, 0) is 0 Å². The molecule has 1 heterocycles. The van der Waals surface area contributed by atoms with E-state index in [1.807, 2.05) is 31.2 Å². The maximum absolute atomic E-state index is 12.2. The third kappa shape index (κ3) is 4.60. The first kappa shape index (κ1) is 17.1. The van der Waals surface area contributed by atoms with Crippen molar-refractivity contribution in [2.75, 3.05) is 37.7 Å². The van der Waals surface area contributed by atoms with E-state index in [1.54, 1.807) is 4.90 Å². The smallest absolute Gasteiger partial charge is 0.317 e. The number of aliphatic hydroxyl groups is 1. The SMILES string of the molecule is CC(CCCO)NC(=O)N1CCN(c2ccccc2C#N)CC1. The van der Waals surface area contributed by atoms with E-state index in [1.165, 1.54) is 0 Å². The highest BCUT2D eigenvalue weighted by Gasteiger charge is 2.23. The Hall–Kier alpha value is -2.26. The minimum atomic E-state index is -0.0522. The Balaban J connectivity index is 1.86. The number of aliphatic hydroxyl groups excluding tert-OH is 1. The van der Waals surface area contributed by atoms with Crippen LogP contribution in [0.2, 0.25) is 0 Å². The summed E-state index contributed by atoms with van der Waals surface area (Å²) in [5.74, 6) is 0. The molecule has 6 nitrogen and oxygen atoms in total. The van der Waals surface area contributed by atoms with E-state index in [0.717, 1.165) is 25.2 Å². The van der Waals surface area contributed by atoms with Gasteiger partial charge in [0.2, 0.25) is 0 Å². The fraction of sp³-hybridized carbons (Fsp3) is 0.529. The van der Waals surface area contributed by atoms with E-state index in [9.17, 15) is 10.1 Å². The maximum atomic E-state index is 12.2. The van der Waals surface area contributed by atoms with Crippen LogP contribution in [0.15, 0.2) is 24.3 Å². The van der Waals surface area contributed by atoms with Crippen molar-refractivity contribution >= 4 is 11.7 Å². The predicted octanol–water partition coefficient (Wildman–Crippen LogP) is 1.55. The van der Waals surface area contributed by atoms with Gasteiger partial charge in [0.1, 0.15) is 6.07 Å². The number of hydrogen-bond acceptors (Lipinski definition) is 4. The number of hydrogen-bond donors (Lipinski definition) is 2. The van der Waals surface area contributed by atoms with Gasteiger partial charge in [-0.2, -0.15) is 5.26 Å². The van der Waals surface area contributed by atoms with Crippen LogP contribution in [0.25, 0.3) is 0 Å². The average molecular weight is 316 g/mol. The Kier molecular flexibility index (Phi) is 6.24. The van der Waals surface area contributed by atoms with Gasteiger partial charge >= 0.3 is 6.03 Å². The number of carbonyl (C=O) groups is 1. The van der Waals surface area contributed by atoms with Gasteiger partial charge in [0, 0.05) is 38.8 Å². The number of rotatable bonds is 5. The number of benzene rings is 1. The second-order valence-corrected chi connectivity index (χ2v) is 5.82. The van der Waals surface area contributed by atoms with Gasteiger partial charge in [-0.3, -0.25) is 0 Å². The van der Waals surface area contributed by atoms with Gasteiger partial charge < -0.3 is 20.2 Å². The molecule has 0 aromatic heterocycles. The van der Waals surface area contributed by atoms with Crippen molar-refractivity contribution in [1.29, 1.82) is 5.26 Å².